The molecular weight excluding hydrogens is 541 g/mol. The third-order valence-corrected chi connectivity index (χ3v) is 11.2. The molecule has 2 N–H and O–H groups in total. The van der Waals surface area contributed by atoms with Gasteiger partial charge in [0.15, 0.2) is 0 Å². The number of thiocarbonyl (C=S) groups is 1. The van der Waals surface area contributed by atoms with Crippen LogP contribution in [-0.2, 0) is 19.1 Å². The Morgan fingerprint density at radius 3 is 2.64 bits per heavy atom. The van der Waals surface area contributed by atoms with Crippen LogP contribution in [0.4, 0.5) is 4.79 Å². The molecule has 0 aromatic carbocycles. The molecule has 2 amide bonds. The van der Waals surface area contributed by atoms with E-state index < -0.39 is 0 Å². The van der Waals surface area contributed by atoms with Gasteiger partial charge in [-0.1, -0.05) is 58.9 Å². The first kappa shape index (κ1) is 29.3. The van der Waals surface area contributed by atoms with Crippen molar-refractivity contribution in [2.45, 2.75) is 62.1 Å². The van der Waals surface area contributed by atoms with Crippen molar-refractivity contribution in [3.05, 3.63) is 0 Å². The average molecular weight is 573 g/mol. The van der Waals surface area contributed by atoms with E-state index >= 15 is 0 Å². The van der Waals surface area contributed by atoms with Gasteiger partial charge in [0.1, 0.15) is 22.0 Å². The van der Waals surface area contributed by atoms with Gasteiger partial charge >= 0.3 is 18.0 Å². The molecule has 2 aliphatic heterocycles. The van der Waals surface area contributed by atoms with Gasteiger partial charge in [-0.15, -0.1) is 11.8 Å². The highest BCUT2D eigenvalue weighted by Crippen LogP contribution is 2.33. The minimum absolute atomic E-state index is 0.0631. The van der Waals surface area contributed by atoms with E-state index in [9.17, 15) is 14.4 Å². The first-order valence-electron chi connectivity index (χ1n) is 11.0. The van der Waals surface area contributed by atoms with Crippen LogP contribution in [0.3, 0.4) is 0 Å². The molecule has 0 radical (unpaired) electrons. The number of carbonyl (C=O) groups excluding carboxylic acids is 3. The van der Waals surface area contributed by atoms with Gasteiger partial charge in [0.05, 0.1) is 12.1 Å². The molecule has 1 unspecified atom stereocenters. The van der Waals surface area contributed by atoms with Crippen molar-refractivity contribution in [2.24, 2.45) is 0 Å². The van der Waals surface area contributed by atoms with Gasteiger partial charge in [0.25, 0.3) is 0 Å². The van der Waals surface area contributed by atoms with E-state index in [0.717, 1.165) is 34.3 Å². The molecule has 0 aromatic rings. The number of fused-ring (bicyclic) bond motifs is 1. The molecule has 0 aliphatic carbocycles. The van der Waals surface area contributed by atoms with Crippen LogP contribution in [-0.4, -0.2) is 80.3 Å². The van der Waals surface area contributed by atoms with Gasteiger partial charge in [-0.05, 0) is 25.5 Å². The molecule has 13 heteroatoms. The SMILES string of the molecule is CCSC(=S)SC(C)C(=O)OCCSSCCOC(=O)CCCC[C@@H]1SC[C@@H]2NC(=O)N[C@@H]21. The van der Waals surface area contributed by atoms with Crippen molar-refractivity contribution in [3.8, 4) is 0 Å². The number of nitrogens with one attached hydrogen (secondary N) is 2. The molecule has 2 rings (SSSR count). The number of ether oxygens (including phenoxy) is 2. The standard InChI is InChI=1S/C20H32N2O5S6/c1-3-29-20(28)33-13(2)18(24)27-9-11-32-31-10-8-26-16(23)7-5-4-6-15-17-14(12-30-15)21-19(25)22-17/h13-15,17H,3-12H2,1-2H3,(H2,21,22,25)/t13?,14-,15-,17-/m0/s1. The number of rotatable bonds is 15. The zero-order valence-electron chi connectivity index (χ0n) is 18.9. The van der Waals surface area contributed by atoms with Crippen molar-refractivity contribution in [3.63, 3.8) is 0 Å². The Bertz CT molecular complexity index is 671. The summed E-state index contributed by atoms with van der Waals surface area (Å²) in [7, 11) is 3.20. The lowest BCUT2D eigenvalue weighted by molar-refractivity contribution is -0.143. The summed E-state index contributed by atoms with van der Waals surface area (Å²) in [5, 5.41) is 6.07. The molecule has 7 nitrogen and oxygen atoms in total. The summed E-state index contributed by atoms with van der Waals surface area (Å²) in [4.78, 5) is 35.2. The Balaban J connectivity index is 1.38. The smallest absolute Gasteiger partial charge is 0.319 e. The van der Waals surface area contributed by atoms with Crippen LogP contribution in [0.5, 0.6) is 0 Å². The second-order valence-corrected chi connectivity index (χ2v) is 15.1. The molecule has 188 valence electrons. The maximum Gasteiger partial charge on any atom is 0.319 e. The molecule has 33 heavy (non-hydrogen) atoms. The fourth-order valence-corrected chi connectivity index (χ4v) is 9.01. The molecule has 2 fully saturated rings. The summed E-state index contributed by atoms with van der Waals surface area (Å²) in [6.45, 7) is 4.58. The van der Waals surface area contributed by atoms with Gasteiger partial charge in [0, 0.05) is 28.9 Å². The largest absolute Gasteiger partial charge is 0.465 e. The molecule has 2 aliphatic rings. The Hall–Kier alpha value is 0.0500. The summed E-state index contributed by atoms with van der Waals surface area (Å²) >= 11 is 10.0. The van der Waals surface area contributed by atoms with E-state index in [0.29, 0.717) is 36.4 Å². The van der Waals surface area contributed by atoms with Crippen LogP contribution >= 0.6 is 69.1 Å². The Morgan fingerprint density at radius 2 is 1.91 bits per heavy atom. The second kappa shape index (κ2) is 16.7. The number of hydrogen-bond acceptors (Lipinski definition) is 11. The normalized spacial score (nSPS) is 22.2. The highest BCUT2D eigenvalue weighted by Gasteiger charge is 2.42. The third-order valence-electron chi connectivity index (χ3n) is 4.85. The molecule has 0 bridgehead atoms. The van der Waals surface area contributed by atoms with Crippen LogP contribution in [0.15, 0.2) is 0 Å². The van der Waals surface area contributed by atoms with Crippen molar-refractivity contribution in [1.29, 1.82) is 0 Å². The molecule has 0 aromatic heterocycles. The van der Waals surface area contributed by atoms with Gasteiger partial charge in [-0.25, -0.2) is 4.79 Å². The number of hydrogen-bond donors (Lipinski definition) is 2. The Labute approximate surface area is 222 Å². The van der Waals surface area contributed by atoms with Gasteiger partial charge in [-0.3, -0.25) is 9.59 Å². The molecule has 2 saturated heterocycles. The van der Waals surface area contributed by atoms with Gasteiger partial charge in [0.2, 0.25) is 0 Å². The minimum Gasteiger partial charge on any atom is -0.465 e. The molecule has 0 spiro atoms. The topological polar surface area (TPSA) is 93.7 Å². The zero-order valence-corrected chi connectivity index (χ0v) is 23.8. The van der Waals surface area contributed by atoms with Crippen molar-refractivity contribution in [1.82, 2.24) is 10.6 Å². The monoisotopic (exact) mass is 572 g/mol. The van der Waals surface area contributed by atoms with E-state index in [4.69, 9.17) is 21.7 Å². The number of urea groups is 1. The van der Waals surface area contributed by atoms with Crippen molar-refractivity contribution >= 4 is 90.6 Å². The van der Waals surface area contributed by atoms with Gasteiger partial charge in [-0.2, -0.15) is 11.8 Å². The predicted molar refractivity (Wildman–Crippen MR) is 149 cm³/mol. The summed E-state index contributed by atoms with van der Waals surface area (Å²) in [5.41, 5.74) is 0. The maximum absolute atomic E-state index is 11.9. The fourth-order valence-electron chi connectivity index (χ4n) is 3.28. The lowest BCUT2D eigenvalue weighted by atomic mass is 10.0. The molecule has 0 saturated carbocycles. The average Bonchev–Trinajstić information content (AvgIpc) is 3.32. The van der Waals surface area contributed by atoms with Crippen molar-refractivity contribution in [2.75, 3.05) is 36.2 Å². The summed E-state index contributed by atoms with van der Waals surface area (Å²) in [6, 6.07) is 0.403. The van der Waals surface area contributed by atoms with E-state index in [1.807, 2.05) is 18.7 Å². The van der Waals surface area contributed by atoms with Crippen LogP contribution < -0.4 is 10.6 Å². The lowest BCUT2D eigenvalue weighted by Gasteiger charge is -2.16. The maximum atomic E-state index is 11.9. The van der Waals surface area contributed by atoms with Crippen molar-refractivity contribution < 1.29 is 23.9 Å². The summed E-state index contributed by atoms with van der Waals surface area (Å²) < 4.78 is 11.3. The lowest BCUT2D eigenvalue weighted by Crippen LogP contribution is -2.36. The zero-order chi connectivity index (χ0) is 24.1. The third kappa shape index (κ3) is 11.6. The molecule has 4 atom stereocenters. The highest BCUT2D eigenvalue weighted by atomic mass is 33.1. The fraction of sp³-hybridized carbons (Fsp3) is 0.800. The van der Waals surface area contributed by atoms with E-state index in [-0.39, 0.29) is 35.3 Å². The summed E-state index contributed by atoms with van der Waals surface area (Å²) in [6.07, 6.45) is 3.19. The second-order valence-electron chi connectivity index (χ2n) is 7.34. The Morgan fingerprint density at radius 1 is 1.18 bits per heavy atom. The number of thioether (sulfide) groups is 3. The number of carbonyl (C=O) groups is 3. The highest BCUT2D eigenvalue weighted by molar-refractivity contribution is 8.76. The first-order valence-corrected chi connectivity index (χ1v) is 16.8. The summed E-state index contributed by atoms with van der Waals surface area (Å²) in [5.74, 6) is 2.85. The van der Waals surface area contributed by atoms with Crippen LogP contribution in [0.25, 0.3) is 0 Å². The quantitative estimate of drug-likeness (QED) is 0.0965. The predicted octanol–water partition coefficient (Wildman–Crippen LogP) is 4.34. The van der Waals surface area contributed by atoms with E-state index in [2.05, 4.69) is 10.6 Å². The van der Waals surface area contributed by atoms with E-state index in [1.165, 1.54) is 11.8 Å². The Kier molecular flexibility index (Phi) is 14.8. The van der Waals surface area contributed by atoms with Gasteiger partial charge < -0.3 is 20.1 Å². The number of amides is 2. The van der Waals surface area contributed by atoms with Crippen LogP contribution in [0.1, 0.15) is 39.5 Å². The van der Waals surface area contributed by atoms with E-state index in [1.54, 1.807) is 40.3 Å². The number of unbranched alkanes of at least 4 members (excludes halogenated alkanes) is 1. The van der Waals surface area contributed by atoms with Crippen LogP contribution in [0, 0.1) is 0 Å². The molecule has 2 heterocycles. The van der Waals surface area contributed by atoms with Crippen LogP contribution in [0.2, 0.25) is 0 Å². The first-order chi connectivity index (χ1) is 15.9. The number of esters is 2. The molecular formula is C20H32N2O5S6. The minimum atomic E-state index is -0.289.